The fourth-order valence-electron chi connectivity index (χ4n) is 3.53. The number of para-hydroxylation sites is 2. The Morgan fingerprint density at radius 1 is 1.08 bits per heavy atom. The van der Waals surface area contributed by atoms with Crippen molar-refractivity contribution in [2.45, 2.75) is 46.2 Å². The minimum atomic E-state index is 0.107. The lowest BCUT2D eigenvalue weighted by molar-refractivity contribution is -0.117. The first kappa shape index (κ1) is 16.6. The molecule has 1 aliphatic rings. The summed E-state index contributed by atoms with van der Waals surface area (Å²) >= 11 is 0. The molecule has 2 aromatic rings. The zero-order valence-electron chi connectivity index (χ0n) is 15.0. The van der Waals surface area contributed by atoms with Crippen LogP contribution < -0.4 is 9.80 Å². The number of nitrogens with zero attached hydrogens (tertiary/aromatic N) is 2. The number of rotatable bonds is 3. The van der Waals surface area contributed by atoms with Crippen molar-refractivity contribution >= 4 is 17.3 Å². The minimum absolute atomic E-state index is 0.107. The molecule has 126 valence electrons. The number of fused-ring (bicyclic) bond motifs is 1. The van der Waals surface area contributed by atoms with E-state index in [4.69, 9.17) is 0 Å². The zero-order chi connectivity index (χ0) is 17.3. The highest BCUT2D eigenvalue weighted by Crippen LogP contribution is 2.36. The standard InChI is InChI=1S/C21H26N2O/c1-15(2)19-11-9-18(10-12-19)14-22-13-16(3)23(17(4)24)21-8-6-5-7-20(21)22/h5-12,15-16H,13-14H2,1-4H3. The lowest BCUT2D eigenvalue weighted by Crippen LogP contribution is -2.49. The van der Waals surface area contributed by atoms with Crippen molar-refractivity contribution in [1.29, 1.82) is 0 Å². The first-order chi connectivity index (χ1) is 11.5. The second kappa shape index (κ2) is 6.68. The van der Waals surface area contributed by atoms with Crippen LogP contribution in [0.4, 0.5) is 11.4 Å². The zero-order valence-corrected chi connectivity index (χ0v) is 15.0. The van der Waals surface area contributed by atoms with Crippen LogP contribution in [0.3, 0.4) is 0 Å². The third kappa shape index (κ3) is 3.16. The molecule has 1 aliphatic heterocycles. The van der Waals surface area contributed by atoms with E-state index < -0.39 is 0 Å². The molecule has 0 spiro atoms. The van der Waals surface area contributed by atoms with Gasteiger partial charge in [-0.3, -0.25) is 4.79 Å². The molecule has 1 atom stereocenters. The predicted octanol–water partition coefficient (Wildman–Crippen LogP) is 4.57. The van der Waals surface area contributed by atoms with Crippen LogP contribution in [-0.2, 0) is 11.3 Å². The van der Waals surface area contributed by atoms with Crippen molar-refractivity contribution in [3.05, 3.63) is 59.7 Å². The van der Waals surface area contributed by atoms with Crippen LogP contribution in [0, 0.1) is 0 Å². The van der Waals surface area contributed by atoms with Crippen molar-refractivity contribution in [2.24, 2.45) is 0 Å². The summed E-state index contributed by atoms with van der Waals surface area (Å²) in [5.74, 6) is 0.662. The fourth-order valence-corrected chi connectivity index (χ4v) is 3.53. The number of hydrogen-bond acceptors (Lipinski definition) is 2. The number of amides is 1. The summed E-state index contributed by atoms with van der Waals surface area (Å²) < 4.78 is 0. The molecule has 1 heterocycles. The fraction of sp³-hybridized carbons (Fsp3) is 0.381. The van der Waals surface area contributed by atoms with Crippen molar-refractivity contribution in [3.63, 3.8) is 0 Å². The molecule has 0 radical (unpaired) electrons. The normalized spacial score (nSPS) is 17.1. The van der Waals surface area contributed by atoms with Gasteiger partial charge in [0.05, 0.1) is 17.4 Å². The smallest absolute Gasteiger partial charge is 0.224 e. The lowest BCUT2D eigenvalue weighted by atomic mass is 10.0. The van der Waals surface area contributed by atoms with Gasteiger partial charge in [-0.2, -0.15) is 0 Å². The second-order valence-corrected chi connectivity index (χ2v) is 7.00. The van der Waals surface area contributed by atoms with Gasteiger partial charge in [-0.1, -0.05) is 50.2 Å². The van der Waals surface area contributed by atoms with Crippen LogP contribution in [0.15, 0.2) is 48.5 Å². The van der Waals surface area contributed by atoms with Gasteiger partial charge in [-0.25, -0.2) is 0 Å². The number of hydrogen-bond donors (Lipinski definition) is 0. The Balaban J connectivity index is 1.88. The highest BCUT2D eigenvalue weighted by Gasteiger charge is 2.30. The van der Waals surface area contributed by atoms with Gasteiger partial charge in [0.15, 0.2) is 0 Å². The molecule has 2 aromatic carbocycles. The van der Waals surface area contributed by atoms with Gasteiger partial charge in [-0.15, -0.1) is 0 Å². The molecule has 0 saturated carbocycles. The Morgan fingerprint density at radius 2 is 1.71 bits per heavy atom. The van der Waals surface area contributed by atoms with Gasteiger partial charge in [-0.05, 0) is 36.1 Å². The molecule has 0 N–H and O–H groups in total. The van der Waals surface area contributed by atoms with Crippen LogP contribution in [-0.4, -0.2) is 18.5 Å². The van der Waals surface area contributed by atoms with E-state index in [1.54, 1.807) is 6.92 Å². The van der Waals surface area contributed by atoms with Gasteiger partial charge in [0, 0.05) is 20.0 Å². The largest absolute Gasteiger partial charge is 0.363 e. The minimum Gasteiger partial charge on any atom is -0.363 e. The number of carbonyl (C=O) groups is 1. The van der Waals surface area contributed by atoms with Crippen LogP contribution in [0.25, 0.3) is 0 Å². The molecule has 1 unspecified atom stereocenters. The molecule has 3 heteroatoms. The molecule has 0 aromatic heterocycles. The van der Waals surface area contributed by atoms with E-state index in [9.17, 15) is 4.79 Å². The van der Waals surface area contributed by atoms with Crippen molar-refractivity contribution in [1.82, 2.24) is 0 Å². The predicted molar refractivity (Wildman–Crippen MR) is 101 cm³/mol. The topological polar surface area (TPSA) is 23.6 Å². The van der Waals surface area contributed by atoms with E-state index >= 15 is 0 Å². The molecule has 0 aliphatic carbocycles. The van der Waals surface area contributed by atoms with Crippen LogP contribution in [0.2, 0.25) is 0 Å². The number of carbonyl (C=O) groups excluding carboxylic acids is 1. The highest BCUT2D eigenvalue weighted by molar-refractivity contribution is 5.97. The average molecular weight is 322 g/mol. The highest BCUT2D eigenvalue weighted by atomic mass is 16.2. The Bertz CT molecular complexity index is 721. The third-order valence-electron chi connectivity index (χ3n) is 4.77. The van der Waals surface area contributed by atoms with E-state index in [1.807, 2.05) is 23.1 Å². The Kier molecular flexibility index (Phi) is 4.61. The van der Waals surface area contributed by atoms with Crippen LogP contribution >= 0.6 is 0 Å². The van der Waals surface area contributed by atoms with Crippen LogP contribution in [0.5, 0.6) is 0 Å². The molecule has 0 bridgehead atoms. The molecule has 1 amide bonds. The van der Waals surface area contributed by atoms with Gasteiger partial charge in [0.1, 0.15) is 0 Å². The molecule has 3 rings (SSSR count). The number of benzene rings is 2. The van der Waals surface area contributed by atoms with E-state index in [0.29, 0.717) is 5.92 Å². The van der Waals surface area contributed by atoms with E-state index in [1.165, 1.54) is 11.1 Å². The third-order valence-corrected chi connectivity index (χ3v) is 4.77. The Morgan fingerprint density at radius 3 is 2.29 bits per heavy atom. The maximum Gasteiger partial charge on any atom is 0.224 e. The maximum atomic E-state index is 12.0. The van der Waals surface area contributed by atoms with Crippen molar-refractivity contribution < 1.29 is 4.79 Å². The molecule has 24 heavy (non-hydrogen) atoms. The van der Waals surface area contributed by atoms with Gasteiger partial charge < -0.3 is 9.80 Å². The summed E-state index contributed by atoms with van der Waals surface area (Å²) in [6.45, 7) is 9.91. The molecule has 0 saturated heterocycles. The first-order valence-electron chi connectivity index (χ1n) is 8.70. The van der Waals surface area contributed by atoms with Gasteiger partial charge in [0.25, 0.3) is 0 Å². The Hall–Kier alpha value is -2.29. The lowest BCUT2D eigenvalue weighted by Gasteiger charge is -2.42. The summed E-state index contributed by atoms with van der Waals surface area (Å²) in [6, 6.07) is 17.3. The SMILES string of the molecule is CC(=O)N1c2ccccc2N(Cc2ccc(C(C)C)cc2)CC1C. The van der Waals surface area contributed by atoms with Crippen molar-refractivity contribution in [2.75, 3.05) is 16.3 Å². The summed E-state index contributed by atoms with van der Waals surface area (Å²) in [5, 5.41) is 0. The molecular weight excluding hydrogens is 296 g/mol. The second-order valence-electron chi connectivity index (χ2n) is 7.00. The average Bonchev–Trinajstić information content (AvgIpc) is 2.55. The van der Waals surface area contributed by atoms with Gasteiger partial charge in [0.2, 0.25) is 5.91 Å². The molecular formula is C21H26N2O. The van der Waals surface area contributed by atoms with Gasteiger partial charge >= 0.3 is 0 Å². The summed E-state index contributed by atoms with van der Waals surface area (Å²) in [7, 11) is 0. The van der Waals surface area contributed by atoms with Crippen molar-refractivity contribution in [3.8, 4) is 0 Å². The first-order valence-corrected chi connectivity index (χ1v) is 8.70. The van der Waals surface area contributed by atoms with E-state index in [-0.39, 0.29) is 11.9 Å². The van der Waals surface area contributed by atoms with Crippen LogP contribution in [0.1, 0.15) is 44.7 Å². The van der Waals surface area contributed by atoms with E-state index in [0.717, 1.165) is 24.5 Å². The summed E-state index contributed by atoms with van der Waals surface area (Å²) in [6.07, 6.45) is 0. The molecule has 0 fully saturated rings. The quantitative estimate of drug-likeness (QED) is 0.826. The summed E-state index contributed by atoms with van der Waals surface area (Å²) in [5.41, 5.74) is 4.83. The van der Waals surface area contributed by atoms with E-state index in [2.05, 4.69) is 56.0 Å². The summed E-state index contributed by atoms with van der Waals surface area (Å²) in [4.78, 5) is 16.3. The molecule has 3 nitrogen and oxygen atoms in total. The number of anilines is 2. The monoisotopic (exact) mass is 322 g/mol. The Labute approximate surface area is 144 Å². The maximum absolute atomic E-state index is 12.0.